The molecule has 0 saturated heterocycles. The minimum absolute atomic E-state index is 0.128. The molecule has 1 heterocycles. The Hall–Kier alpha value is -1.43. The average Bonchev–Trinajstić information content (AvgIpc) is 3.42. The van der Waals surface area contributed by atoms with Crippen molar-refractivity contribution in [1.29, 1.82) is 0 Å². The van der Waals surface area contributed by atoms with Gasteiger partial charge in [-0.15, -0.1) is 5.10 Å². The standard InChI is InChI=1S/C18H28N4O2/c1-18(2,24)16-10-22(21-20-16)15-6-4-3-5-14(15)19-17(23)13-9-12(13)11-7-8-11/h10-15,24H,3-9H2,1-2H3,(H,19,23)/t12-,13+,14-,15+/m0/s1. The zero-order valence-corrected chi connectivity index (χ0v) is 14.6. The maximum Gasteiger partial charge on any atom is 0.223 e. The highest BCUT2D eigenvalue weighted by Crippen LogP contribution is 2.54. The van der Waals surface area contributed by atoms with Crippen molar-refractivity contribution in [1.82, 2.24) is 20.3 Å². The Morgan fingerprint density at radius 3 is 2.71 bits per heavy atom. The van der Waals surface area contributed by atoms with Gasteiger partial charge in [0.05, 0.1) is 18.3 Å². The van der Waals surface area contributed by atoms with E-state index in [4.69, 9.17) is 0 Å². The normalized spacial score (nSPS) is 33.3. The van der Waals surface area contributed by atoms with Crippen LogP contribution < -0.4 is 5.32 Å². The van der Waals surface area contributed by atoms with Gasteiger partial charge in [0.25, 0.3) is 0 Å². The lowest BCUT2D eigenvalue weighted by Gasteiger charge is -2.32. The molecule has 0 aliphatic heterocycles. The fourth-order valence-corrected chi connectivity index (χ4v) is 4.17. The van der Waals surface area contributed by atoms with Crippen LogP contribution in [0.5, 0.6) is 0 Å². The summed E-state index contributed by atoms with van der Waals surface area (Å²) in [5.74, 6) is 1.97. The maximum atomic E-state index is 12.6. The molecule has 1 aromatic heterocycles. The molecular formula is C18H28N4O2. The Labute approximate surface area is 143 Å². The molecule has 3 saturated carbocycles. The molecule has 0 aromatic carbocycles. The first-order chi connectivity index (χ1) is 11.4. The highest BCUT2D eigenvalue weighted by molar-refractivity contribution is 5.82. The number of nitrogens with one attached hydrogen (secondary N) is 1. The second-order valence-corrected chi connectivity index (χ2v) is 8.45. The Bertz CT molecular complexity index is 617. The Morgan fingerprint density at radius 1 is 1.29 bits per heavy atom. The number of amides is 1. The van der Waals surface area contributed by atoms with E-state index in [1.807, 2.05) is 10.9 Å². The summed E-state index contributed by atoms with van der Waals surface area (Å²) in [6.07, 6.45) is 9.83. The minimum atomic E-state index is -0.989. The predicted octanol–water partition coefficient (Wildman–Crippen LogP) is 2.15. The summed E-state index contributed by atoms with van der Waals surface area (Å²) < 4.78 is 1.85. The molecule has 0 bridgehead atoms. The van der Waals surface area contributed by atoms with Crippen molar-refractivity contribution in [3.8, 4) is 0 Å². The smallest absolute Gasteiger partial charge is 0.223 e. The summed E-state index contributed by atoms with van der Waals surface area (Å²) in [6, 6.07) is 0.271. The van der Waals surface area contributed by atoms with Crippen LogP contribution in [-0.4, -0.2) is 32.0 Å². The van der Waals surface area contributed by atoms with Crippen molar-refractivity contribution < 1.29 is 9.90 Å². The first-order valence-electron chi connectivity index (χ1n) is 9.38. The van der Waals surface area contributed by atoms with Gasteiger partial charge in [0.1, 0.15) is 11.3 Å². The maximum absolute atomic E-state index is 12.6. The topological polar surface area (TPSA) is 80.0 Å². The summed E-state index contributed by atoms with van der Waals surface area (Å²) in [6.45, 7) is 3.43. The van der Waals surface area contributed by atoms with Crippen molar-refractivity contribution in [3.05, 3.63) is 11.9 Å². The Balaban J connectivity index is 1.43. The Morgan fingerprint density at radius 2 is 2.04 bits per heavy atom. The van der Waals surface area contributed by atoms with Crippen LogP contribution in [0.25, 0.3) is 0 Å². The van der Waals surface area contributed by atoms with Gasteiger partial charge >= 0.3 is 0 Å². The van der Waals surface area contributed by atoms with E-state index in [9.17, 15) is 9.90 Å². The first-order valence-corrected chi connectivity index (χ1v) is 9.38. The van der Waals surface area contributed by atoms with Gasteiger partial charge in [0.15, 0.2) is 0 Å². The van der Waals surface area contributed by atoms with Crippen LogP contribution in [0.4, 0.5) is 0 Å². The zero-order chi connectivity index (χ0) is 16.9. The van der Waals surface area contributed by atoms with Crippen molar-refractivity contribution in [2.45, 2.75) is 76.5 Å². The molecular weight excluding hydrogens is 304 g/mol. The minimum Gasteiger partial charge on any atom is -0.384 e. The number of nitrogens with zero attached hydrogens (tertiary/aromatic N) is 3. The van der Waals surface area contributed by atoms with E-state index in [1.54, 1.807) is 13.8 Å². The summed E-state index contributed by atoms with van der Waals surface area (Å²) in [5, 5.41) is 21.7. The number of aliphatic hydroxyl groups is 1. The summed E-state index contributed by atoms with van der Waals surface area (Å²) in [4.78, 5) is 12.6. The van der Waals surface area contributed by atoms with Gasteiger partial charge in [-0.05, 0) is 57.8 Å². The van der Waals surface area contributed by atoms with Gasteiger partial charge in [-0.1, -0.05) is 18.1 Å². The molecule has 1 amide bonds. The number of rotatable bonds is 5. The average molecular weight is 332 g/mol. The van der Waals surface area contributed by atoms with Crippen LogP contribution in [0.1, 0.15) is 70.5 Å². The highest BCUT2D eigenvalue weighted by atomic mass is 16.3. The van der Waals surface area contributed by atoms with Gasteiger partial charge in [-0.3, -0.25) is 4.79 Å². The largest absolute Gasteiger partial charge is 0.384 e. The summed E-state index contributed by atoms with van der Waals surface area (Å²) in [5.41, 5.74) is -0.411. The van der Waals surface area contributed by atoms with Gasteiger partial charge in [0.2, 0.25) is 5.91 Å². The van der Waals surface area contributed by atoms with Crippen LogP contribution in [0.15, 0.2) is 6.20 Å². The first kappa shape index (κ1) is 16.1. The molecule has 1 aromatic rings. The quantitative estimate of drug-likeness (QED) is 0.866. The van der Waals surface area contributed by atoms with Crippen LogP contribution >= 0.6 is 0 Å². The summed E-state index contributed by atoms with van der Waals surface area (Å²) in [7, 11) is 0. The molecule has 132 valence electrons. The van der Waals surface area contributed by atoms with Crippen LogP contribution in [-0.2, 0) is 10.4 Å². The van der Waals surface area contributed by atoms with Gasteiger partial charge < -0.3 is 10.4 Å². The van der Waals surface area contributed by atoms with Gasteiger partial charge in [-0.2, -0.15) is 0 Å². The number of carbonyl (C=O) groups excluding carboxylic acids is 1. The van der Waals surface area contributed by atoms with E-state index in [0.717, 1.165) is 38.0 Å². The van der Waals surface area contributed by atoms with E-state index in [2.05, 4.69) is 15.6 Å². The van der Waals surface area contributed by atoms with Crippen molar-refractivity contribution in [3.63, 3.8) is 0 Å². The van der Waals surface area contributed by atoms with E-state index >= 15 is 0 Å². The lowest BCUT2D eigenvalue weighted by atomic mass is 9.90. The highest BCUT2D eigenvalue weighted by Gasteiger charge is 2.51. The Kier molecular flexibility index (Phi) is 3.90. The molecule has 24 heavy (non-hydrogen) atoms. The molecule has 4 rings (SSSR count). The molecule has 3 aliphatic carbocycles. The molecule has 6 heteroatoms. The van der Waals surface area contributed by atoms with Crippen molar-refractivity contribution >= 4 is 5.91 Å². The van der Waals surface area contributed by atoms with E-state index < -0.39 is 5.60 Å². The second-order valence-electron chi connectivity index (χ2n) is 8.45. The van der Waals surface area contributed by atoms with E-state index in [-0.39, 0.29) is 23.9 Å². The molecule has 3 aliphatic rings. The number of hydrogen-bond donors (Lipinski definition) is 2. The zero-order valence-electron chi connectivity index (χ0n) is 14.6. The number of hydrogen-bond acceptors (Lipinski definition) is 4. The summed E-state index contributed by atoms with van der Waals surface area (Å²) >= 11 is 0. The lowest BCUT2D eigenvalue weighted by molar-refractivity contribution is -0.124. The van der Waals surface area contributed by atoms with E-state index in [1.165, 1.54) is 12.8 Å². The third-order valence-corrected chi connectivity index (χ3v) is 5.94. The molecule has 0 spiro atoms. The fourth-order valence-electron chi connectivity index (χ4n) is 4.17. The fraction of sp³-hybridized carbons (Fsp3) is 0.833. The molecule has 4 atom stereocenters. The van der Waals surface area contributed by atoms with Crippen LogP contribution in [0.3, 0.4) is 0 Å². The lowest BCUT2D eigenvalue weighted by Crippen LogP contribution is -2.44. The third kappa shape index (κ3) is 3.21. The van der Waals surface area contributed by atoms with E-state index in [0.29, 0.717) is 11.6 Å². The number of carbonyl (C=O) groups is 1. The second kappa shape index (κ2) is 5.83. The van der Waals surface area contributed by atoms with Gasteiger partial charge in [0, 0.05) is 5.92 Å². The van der Waals surface area contributed by atoms with Crippen LogP contribution in [0.2, 0.25) is 0 Å². The third-order valence-electron chi connectivity index (χ3n) is 5.94. The van der Waals surface area contributed by atoms with Crippen LogP contribution in [0, 0.1) is 17.8 Å². The predicted molar refractivity (Wildman–Crippen MR) is 89.0 cm³/mol. The molecule has 3 fully saturated rings. The SMILES string of the molecule is CC(C)(O)c1cn([C@@H]2CCCC[C@@H]2NC(=O)[C@@H]2C[C@H]2C2CC2)nn1. The molecule has 6 nitrogen and oxygen atoms in total. The molecule has 2 N–H and O–H groups in total. The monoisotopic (exact) mass is 332 g/mol. The number of aromatic nitrogens is 3. The molecule has 0 unspecified atom stereocenters. The molecule has 0 radical (unpaired) electrons. The van der Waals surface area contributed by atoms with Crippen molar-refractivity contribution in [2.75, 3.05) is 0 Å². The van der Waals surface area contributed by atoms with Gasteiger partial charge in [-0.25, -0.2) is 4.68 Å². The van der Waals surface area contributed by atoms with Crippen molar-refractivity contribution in [2.24, 2.45) is 17.8 Å².